The molecule has 4 aliphatic rings. The van der Waals surface area contributed by atoms with Crippen LogP contribution in [0.2, 0.25) is 5.02 Å². The average molecular weight is 717 g/mol. The fourth-order valence-corrected chi connectivity index (χ4v) is 8.88. The number of hydrogen-bond acceptors (Lipinski definition) is 8. The Hall–Kier alpha value is -3.93. The van der Waals surface area contributed by atoms with Crippen LogP contribution in [0.15, 0.2) is 77.5 Å². The Kier molecular flexibility index (Phi) is 10.2. The molecule has 2 aliphatic carbocycles. The van der Waals surface area contributed by atoms with Gasteiger partial charge in [-0.05, 0) is 96.2 Å². The number of ether oxygens (including phenoxy) is 2. The van der Waals surface area contributed by atoms with Crippen LogP contribution in [-0.4, -0.2) is 53.3 Å². The minimum absolute atomic E-state index is 0.105. The van der Waals surface area contributed by atoms with Gasteiger partial charge in [-0.2, -0.15) is 15.7 Å². The molecule has 12 heteroatoms. The van der Waals surface area contributed by atoms with Crippen molar-refractivity contribution >= 4 is 39.7 Å². The SMILES string of the molecule is CO[C@H]1/C=C/C[C@H](C)C(NC(=O)c2cnn(C)c2)[S-](=O)=NC(=O)c2ccc3c(c2)N(Cc2ccc(Cl)cc2[C@H]2C=C[C@H]2CCO3)C[C@@H]2CC[C@H]21. The minimum Gasteiger partial charge on any atom is -0.491 e. The third-order valence-corrected chi connectivity index (χ3v) is 12.3. The Labute approximate surface area is 300 Å². The lowest BCUT2D eigenvalue weighted by Crippen LogP contribution is -2.43. The van der Waals surface area contributed by atoms with E-state index in [9.17, 15) is 13.8 Å². The molecule has 1 aromatic heterocycles. The number of rotatable bonds is 3. The number of anilines is 1. The molecule has 2 aliphatic heterocycles. The van der Waals surface area contributed by atoms with Gasteiger partial charge in [0.15, 0.2) is 0 Å². The Morgan fingerprint density at radius 1 is 1.12 bits per heavy atom. The van der Waals surface area contributed by atoms with Gasteiger partial charge in [0.1, 0.15) is 5.75 Å². The standard InChI is InChI=1S/C38H43ClN5O5S/c1-23-5-4-6-34(48-3)31-13-9-26(31)21-44-22-27-7-11-29(39)18-32(27)30-12-8-24(30)15-16-49-35-14-10-25(17-33(35)44)37(46)42-50(47)38(23)41-36(45)28-19-40-43(2)20-28/h4,6-8,10-12,14,17-20,23-24,26,30-31,34,38H,5,9,13,15-16,21-22H2,1-3H3,(H,41,45)/q-1/b6-4+/t23-,24-,26-,30-,31+,34-,38?/m0/s1. The maximum absolute atomic E-state index is 13.9. The number of carbonyl (C=O) groups excluding carboxylic acids is 2. The smallest absolute Gasteiger partial charge is 0.254 e. The lowest BCUT2D eigenvalue weighted by Gasteiger charge is -2.44. The molecule has 2 aromatic carbocycles. The first-order valence-corrected chi connectivity index (χ1v) is 18.9. The summed E-state index contributed by atoms with van der Waals surface area (Å²) in [6.07, 6.45) is 15.0. The molecule has 2 bridgehead atoms. The summed E-state index contributed by atoms with van der Waals surface area (Å²) in [6, 6.07) is 11.5. The summed E-state index contributed by atoms with van der Waals surface area (Å²) in [7, 11) is 1.38. The molecule has 10 nitrogen and oxygen atoms in total. The van der Waals surface area contributed by atoms with Crippen molar-refractivity contribution in [3.8, 4) is 5.75 Å². The fourth-order valence-electron chi connectivity index (χ4n) is 7.61. The van der Waals surface area contributed by atoms with Gasteiger partial charge >= 0.3 is 0 Å². The number of methoxy groups -OCH3 is 1. The van der Waals surface area contributed by atoms with E-state index in [0.29, 0.717) is 59.2 Å². The highest BCUT2D eigenvalue weighted by molar-refractivity contribution is 7.75. The number of nitrogens with one attached hydrogen (secondary N) is 1. The highest BCUT2D eigenvalue weighted by atomic mass is 35.5. The Morgan fingerprint density at radius 2 is 1.98 bits per heavy atom. The molecule has 3 aromatic rings. The van der Waals surface area contributed by atoms with Gasteiger partial charge in [-0.25, -0.2) is 0 Å². The van der Waals surface area contributed by atoms with E-state index in [0.717, 1.165) is 31.5 Å². The molecular formula is C38H43ClN5O5S-. The summed E-state index contributed by atoms with van der Waals surface area (Å²) in [4.78, 5) is 29.3. The van der Waals surface area contributed by atoms with Crippen LogP contribution >= 0.6 is 11.6 Å². The number of amides is 2. The molecule has 1 N–H and O–H groups in total. The molecule has 0 saturated heterocycles. The molecule has 0 spiro atoms. The topological polar surface area (TPSA) is 115 Å². The molecule has 7 rings (SSSR count). The summed E-state index contributed by atoms with van der Waals surface area (Å²) < 4.78 is 32.1. The summed E-state index contributed by atoms with van der Waals surface area (Å²) in [5.41, 5.74) is 3.82. The molecule has 264 valence electrons. The summed E-state index contributed by atoms with van der Waals surface area (Å²) >= 11 is 6.56. The average Bonchev–Trinajstić information content (AvgIpc) is 3.51. The van der Waals surface area contributed by atoms with Crippen LogP contribution < -0.4 is 15.0 Å². The number of nitrogens with zero attached hydrogens (tertiary/aromatic N) is 4. The van der Waals surface area contributed by atoms with E-state index in [1.807, 2.05) is 31.2 Å². The van der Waals surface area contributed by atoms with Gasteiger partial charge in [0.25, 0.3) is 11.8 Å². The van der Waals surface area contributed by atoms with E-state index in [1.54, 1.807) is 26.4 Å². The Bertz CT molecular complexity index is 1920. The molecule has 50 heavy (non-hydrogen) atoms. The van der Waals surface area contributed by atoms with E-state index in [2.05, 4.69) is 50.0 Å². The molecule has 0 radical (unpaired) electrons. The van der Waals surface area contributed by atoms with E-state index < -0.39 is 27.8 Å². The summed E-state index contributed by atoms with van der Waals surface area (Å²) in [5.74, 6) is 0.580. The number of aromatic nitrogens is 2. The Balaban J connectivity index is 1.30. The summed E-state index contributed by atoms with van der Waals surface area (Å²) in [5, 5.41) is 6.75. The van der Waals surface area contributed by atoms with E-state index in [1.165, 1.54) is 22.0 Å². The lowest BCUT2D eigenvalue weighted by molar-refractivity contribution is 0.0133. The minimum atomic E-state index is -2.08. The van der Waals surface area contributed by atoms with Crippen molar-refractivity contribution in [2.75, 3.05) is 25.2 Å². The summed E-state index contributed by atoms with van der Waals surface area (Å²) in [6.45, 7) is 3.75. The molecule has 2 amide bonds. The first kappa shape index (κ1) is 34.5. The van der Waals surface area contributed by atoms with Crippen LogP contribution in [0, 0.1) is 23.7 Å². The first-order valence-electron chi connectivity index (χ1n) is 17.3. The van der Waals surface area contributed by atoms with E-state index >= 15 is 0 Å². The van der Waals surface area contributed by atoms with Crippen molar-refractivity contribution in [1.29, 1.82) is 0 Å². The number of hydrogen-bond donors (Lipinski definition) is 1. The number of carbonyl (C=O) groups is 2. The monoisotopic (exact) mass is 716 g/mol. The van der Waals surface area contributed by atoms with Gasteiger partial charge in [-0.3, -0.25) is 14.3 Å². The van der Waals surface area contributed by atoms with Crippen LogP contribution in [0.25, 0.3) is 0 Å². The number of halogens is 1. The quantitative estimate of drug-likeness (QED) is 0.234. The van der Waals surface area contributed by atoms with Crippen LogP contribution in [0.5, 0.6) is 5.75 Å². The van der Waals surface area contributed by atoms with Gasteiger partial charge < -0.3 is 28.3 Å². The predicted molar refractivity (Wildman–Crippen MR) is 194 cm³/mol. The molecule has 1 saturated carbocycles. The maximum Gasteiger partial charge on any atom is 0.254 e. The fraction of sp³-hybridized carbons (Fsp3) is 0.447. The number of fused-ring (bicyclic) bond motifs is 5. The maximum atomic E-state index is 13.9. The van der Waals surface area contributed by atoms with Crippen molar-refractivity contribution in [3.63, 3.8) is 0 Å². The highest BCUT2D eigenvalue weighted by Crippen LogP contribution is 2.45. The zero-order valence-corrected chi connectivity index (χ0v) is 30.1. The van der Waals surface area contributed by atoms with Crippen LogP contribution in [0.4, 0.5) is 5.69 Å². The zero-order chi connectivity index (χ0) is 34.9. The molecular weight excluding hydrogens is 674 g/mol. The van der Waals surface area contributed by atoms with Gasteiger partial charge in [0.05, 0.1) is 30.2 Å². The highest BCUT2D eigenvalue weighted by Gasteiger charge is 2.38. The second kappa shape index (κ2) is 14.7. The van der Waals surface area contributed by atoms with Crippen molar-refractivity contribution in [1.82, 2.24) is 15.1 Å². The normalized spacial score (nSPS) is 29.0. The van der Waals surface area contributed by atoms with Gasteiger partial charge in [0.2, 0.25) is 0 Å². The van der Waals surface area contributed by atoms with Crippen molar-refractivity contribution in [2.45, 2.75) is 56.5 Å². The predicted octanol–water partition coefficient (Wildman–Crippen LogP) is 6.81. The largest absolute Gasteiger partial charge is 0.491 e. The molecule has 1 unspecified atom stereocenters. The molecule has 3 heterocycles. The number of benzene rings is 2. The third-order valence-electron chi connectivity index (χ3n) is 10.7. The molecule has 7 atom stereocenters. The van der Waals surface area contributed by atoms with Gasteiger partial charge in [-0.15, -0.1) is 0 Å². The van der Waals surface area contributed by atoms with Crippen molar-refractivity contribution in [2.24, 2.45) is 35.1 Å². The van der Waals surface area contributed by atoms with E-state index in [4.69, 9.17) is 21.1 Å². The zero-order valence-electron chi connectivity index (χ0n) is 28.5. The second-order valence-electron chi connectivity index (χ2n) is 13.9. The first-order chi connectivity index (χ1) is 24.2. The Morgan fingerprint density at radius 3 is 2.70 bits per heavy atom. The van der Waals surface area contributed by atoms with Crippen LogP contribution in [0.1, 0.15) is 70.4 Å². The second-order valence-corrected chi connectivity index (χ2v) is 15.6. The number of allylic oxidation sites excluding steroid dienone is 3. The van der Waals surface area contributed by atoms with E-state index in [-0.39, 0.29) is 17.9 Å². The lowest BCUT2D eigenvalue weighted by atomic mass is 9.70. The van der Waals surface area contributed by atoms with Crippen LogP contribution in [0.3, 0.4) is 0 Å². The van der Waals surface area contributed by atoms with Gasteiger partial charge in [0, 0.05) is 49.9 Å². The van der Waals surface area contributed by atoms with Crippen molar-refractivity contribution in [3.05, 3.63) is 100 Å². The molecule has 1 fully saturated rings. The number of aryl methyl sites for hydroxylation is 1. The van der Waals surface area contributed by atoms with Crippen LogP contribution in [-0.2, 0) is 33.1 Å². The van der Waals surface area contributed by atoms with Gasteiger partial charge in [-0.1, -0.05) is 48.9 Å². The third kappa shape index (κ3) is 7.13. The van der Waals surface area contributed by atoms with Crippen molar-refractivity contribution < 1.29 is 23.3 Å².